The molecular weight excluding hydrogens is 232 g/mol. The topological polar surface area (TPSA) is 63.8 Å². The van der Waals surface area contributed by atoms with Crippen molar-refractivity contribution in [3.63, 3.8) is 0 Å². The first-order chi connectivity index (χ1) is 8.27. The summed E-state index contributed by atoms with van der Waals surface area (Å²) >= 11 is 4.97. The Balaban J connectivity index is 2.12. The third-order valence-electron chi connectivity index (χ3n) is 2.27. The molecule has 0 saturated heterocycles. The van der Waals surface area contributed by atoms with E-state index in [-0.39, 0.29) is 0 Å². The first kappa shape index (κ1) is 11.5. The van der Waals surface area contributed by atoms with E-state index in [9.17, 15) is 0 Å². The van der Waals surface area contributed by atoms with Crippen LogP contribution in [0.5, 0.6) is 0 Å². The summed E-state index contributed by atoms with van der Waals surface area (Å²) in [6.07, 6.45) is 5.13. The van der Waals surface area contributed by atoms with Gasteiger partial charge in [0, 0.05) is 18.0 Å². The highest BCUT2D eigenvalue weighted by Gasteiger charge is 2.04. The minimum Gasteiger partial charge on any atom is -0.389 e. The van der Waals surface area contributed by atoms with Crippen LogP contribution in [0.25, 0.3) is 0 Å². The van der Waals surface area contributed by atoms with Crippen molar-refractivity contribution >= 4 is 22.9 Å². The van der Waals surface area contributed by atoms with Gasteiger partial charge >= 0.3 is 0 Å². The molecule has 5 heteroatoms. The minimum absolute atomic E-state index is 0.357. The highest BCUT2D eigenvalue weighted by atomic mass is 32.1. The summed E-state index contributed by atoms with van der Waals surface area (Å²) in [4.78, 5) is 8.62. The van der Waals surface area contributed by atoms with Gasteiger partial charge in [0.15, 0.2) is 0 Å². The Bertz CT molecular complexity index is 513. The summed E-state index contributed by atoms with van der Waals surface area (Å²) in [7, 11) is 0. The van der Waals surface area contributed by atoms with Crippen LogP contribution in [0, 0.1) is 0 Å². The molecule has 0 saturated carbocycles. The first-order valence-electron chi connectivity index (χ1n) is 5.15. The fraction of sp³-hybridized carbons (Fsp3) is 0.0833. The Labute approximate surface area is 105 Å². The predicted octanol–water partition coefficient (Wildman–Crippen LogP) is 1.72. The maximum absolute atomic E-state index is 5.63. The van der Waals surface area contributed by atoms with E-state index in [4.69, 9.17) is 18.0 Å². The molecular formula is C12H12N4S. The smallest absolute Gasteiger partial charge is 0.106 e. The maximum atomic E-state index is 5.63. The number of rotatable bonds is 4. The number of pyridine rings is 2. The van der Waals surface area contributed by atoms with Gasteiger partial charge in [0.05, 0.1) is 24.1 Å². The molecule has 0 fully saturated rings. The van der Waals surface area contributed by atoms with E-state index in [1.54, 1.807) is 24.7 Å². The molecule has 3 N–H and O–H groups in total. The molecule has 0 bridgehead atoms. The van der Waals surface area contributed by atoms with Crippen LogP contribution in [0.1, 0.15) is 11.3 Å². The van der Waals surface area contributed by atoms with Gasteiger partial charge in [0.1, 0.15) is 4.99 Å². The number of thiocarbonyl (C=S) groups is 1. The van der Waals surface area contributed by atoms with Gasteiger partial charge in [0.25, 0.3) is 0 Å². The zero-order valence-electron chi connectivity index (χ0n) is 9.13. The lowest BCUT2D eigenvalue weighted by Gasteiger charge is -2.09. The number of anilines is 1. The normalized spacial score (nSPS) is 9.88. The van der Waals surface area contributed by atoms with Crippen LogP contribution in [0.4, 0.5) is 5.69 Å². The van der Waals surface area contributed by atoms with Crippen molar-refractivity contribution in [2.75, 3.05) is 5.32 Å². The van der Waals surface area contributed by atoms with Crippen LogP contribution < -0.4 is 11.1 Å². The molecule has 0 spiro atoms. The molecule has 0 radical (unpaired) electrons. The summed E-state index contributed by atoms with van der Waals surface area (Å²) in [5.74, 6) is 0. The van der Waals surface area contributed by atoms with Crippen LogP contribution in [0.2, 0.25) is 0 Å². The Morgan fingerprint density at radius 2 is 2.18 bits per heavy atom. The van der Waals surface area contributed by atoms with E-state index in [1.165, 1.54) is 0 Å². The summed E-state index contributed by atoms with van der Waals surface area (Å²) < 4.78 is 0. The molecule has 0 atom stereocenters. The van der Waals surface area contributed by atoms with Crippen molar-refractivity contribution in [1.82, 2.24) is 9.97 Å². The molecule has 0 aliphatic rings. The van der Waals surface area contributed by atoms with Crippen molar-refractivity contribution in [2.45, 2.75) is 6.54 Å². The molecule has 2 aromatic heterocycles. The van der Waals surface area contributed by atoms with Crippen LogP contribution in [0.15, 0.2) is 42.9 Å². The second-order valence-electron chi connectivity index (χ2n) is 3.46. The van der Waals surface area contributed by atoms with Gasteiger partial charge in [-0.05, 0) is 18.2 Å². The summed E-state index contributed by atoms with van der Waals surface area (Å²) in [5, 5.41) is 3.22. The SMILES string of the molecule is NC(=S)c1ccncc1NCc1ccccn1. The predicted molar refractivity (Wildman–Crippen MR) is 71.7 cm³/mol. The number of aromatic nitrogens is 2. The fourth-order valence-corrected chi connectivity index (χ4v) is 1.62. The molecule has 2 rings (SSSR count). The van der Waals surface area contributed by atoms with Crippen molar-refractivity contribution in [3.8, 4) is 0 Å². The largest absolute Gasteiger partial charge is 0.389 e. The number of nitrogens with zero attached hydrogens (tertiary/aromatic N) is 2. The van der Waals surface area contributed by atoms with E-state index >= 15 is 0 Å². The van der Waals surface area contributed by atoms with Gasteiger partial charge in [-0.25, -0.2) is 0 Å². The van der Waals surface area contributed by atoms with Crippen molar-refractivity contribution in [2.24, 2.45) is 5.73 Å². The second-order valence-corrected chi connectivity index (χ2v) is 3.90. The standard InChI is InChI=1S/C12H12N4S/c13-12(17)10-4-6-14-8-11(10)16-7-9-3-1-2-5-15-9/h1-6,8,16H,7H2,(H2,13,17). The molecule has 86 valence electrons. The van der Waals surface area contributed by atoms with Gasteiger partial charge in [-0.2, -0.15) is 0 Å². The first-order valence-corrected chi connectivity index (χ1v) is 5.56. The zero-order valence-corrected chi connectivity index (χ0v) is 9.95. The van der Waals surface area contributed by atoms with E-state index in [0.29, 0.717) is 11.5 Å². The molecule has 0 aliphatic heterocycles. The molecule has 2 aromatic rings. The maximum Gasteiger partial charge on any atom is 0.106 e. The number of hydrogen-bond donors (Lipinski definition) is 2. The Morgan fingerprint density at radius 1 is 1.29 bits per heavy atom. The number of nitrogens with one attached hydrogen (secondary N) is 1. The Hall–Kier alpha value is -2.01. The van der Waals surface area contributed by atoms with Gasteiger partial charge in [-0.3, -0.25) is 9.97 Å². The van der Waals surface area contributed by atoms with Gasteiger partial charge < -0.3 is 11.1 Å². The lowest BCUT2D eigenvalue weighted by molar-refractivity contribution is 1.04. The van der Waals surface area contributed by atoms with E-state index in [1.807, 2.05) is 18.2 Å². The van der Waals surface area contributed by atoms with Crippen LogP contribution in [-0.4, -0.2) is 15.0 Å². The number of hydrogen-bond acceptors (Lipinski definition) is 4. The molecule has 0 amide bonds. The number of nitrogens with two attached hydrogens (primary N) is 1. The van der Waals surface area contributed by atoms with Crippen LogP contribution in [-0.2, 0) is 6.54 Å². The molecule has 4 nitrogen and oxygen atoms in total. The Morgan fingerprint density at radius 3 is 2.88 bits per heavy atom. The fourth-order valence-electron chi connectivity index (χ4n) is 1.44. The van der Waals surface area contributed by atoms with E-state index in [2.05, 4.69) is 15.3 Å². The third kappa shape index (κ3) is 2.98. The highest BCUT2D eigenvalue weighted by Crippen LogP contribution is 2.13. The minimum atomic E-state index is 0.357. The molecule has 0 aromatic carbocycles. The van der Waals surface area contributed by atoms with E-state index < -0.39 is 0 Å². The zero-order chi connectivity index (χ0) is 12.1. The molecule has 17 heavy (non-hydrogen) atoms. The van der Waals surface area contributed by atoms with Gasteiger partial charge in [-0.1, -0.05) is 18.3 Å². The average Bonchev–Trinajstić information content (AvgIpc) is 2.38. The lowest BCUT2D eigenvalue weighted by atomic mass is 10.2. The monoisotopic (exact) mass is 244 g/mol. The van der Waals surface area contributed by atoms with Gasteiger partial charge in [0.2, 0.25) is 0 Å². The second kappa shape index (κ2) is 5.36. The lowest BCUT2D eigenvalue weighted by Crippen LogP contribution is -2.13. The molecule has 2 heterocycles. The van der Waals surface area contributed by atoms with Crippen molar-refractivity contribution in [1.29, 1.82) is 0 Å². The van der Waals surface area contributed by atoms with Crippen LogP contribution in [0.3, 0.4) is 0 Å². The van der Waals surface area contributed by atoms with E-state index in [0.717, 1.165) is 16.9 Å². The highest BCUT2D eigenvalue weighted by molar-refractivity contribution is 7.80. The Kier molecular flexibility index (Phi) is 3.62. The van der Waals surface area contributed by atoms with Crippen LogP contribution >= 0.6 is 12.2 Å². The summed E-state index contributed by atoms with van der Waals surface area (Å²) in [5.41, 5.74) is 8.20. The summed E-state index contributed by atoms with van der Waals surface area (Å²) in [6, 6.07) is 7.57. The average molecular weight is 244 g/mol. The summed E-state index contributed by atoms with van der Waals surface area (Å²) in [6.45, 7) is 0.613. The quantitative estimate of drug-likeness (QED) is 0.802. The van der Waals surface area contributed by atoms with Gasteiger partial charge in [-0.15, -0.1) is 0 Å². The third-order valence-corrected chi connectivity index (χ3v) is 2.49. The molecule has 0 unspecified atom stereocenters. The van der Waals surface area contributed by atoms with Crippen molar-refractivity contribution < 1.29 is 0 Å². The molecule has 0 aliphatic carbocycles. The van der Waals surface area contributed by atoms with Crippen molar-refractivity contribution in [3.05, 3.63) is 54.1 Å².